The van der Waals surface area contributed by atoms with Gasteiger partial charge in [0.25, 0.3) is 11.8 Å². The summed E-state index contributed by atoms with van der Waals surface area (Å²) < 4.78 is 38.5. The molecule has 0 aliphatic carbocycles. The molecule has 2 amide bonds. The van der Waals surface area contributed by atoms with E-state index in [9.17, 15) is 22.8 Å². The first-order valence-electron chi connectivity index (χ1n) is 17.0. The Hall–Kier alpha value is -5.56. The molecule has 11 nitrogen and oxygen atoms in total. The number of halogens is 1. The van der Waals surface area contributed by atoms with Crippen LogP contribution in [0.15, 0.2) is 125 Å². The fraction of sp³-hybridized carbons (Fsp3) is 0.200. The first kappa shape index (κ1) is 35.8. The second-order valence-electron chi connectivity index (χ2n) is 12.6. The fourth-order valence-corrected chi connectivity index (χ4v) is 8.29. The molecule has 1 saturated heterocycles. The Balaban J connectivity index is 1.05. The average Bonchev–Trinajstić information content (AvgIpc) is 3.65. The Morgan fingerprint density at radius 1 is 0.792 bits per heavy atom. The second-order valence-corrected chi connectivity index (χ2v) is 15.0. The van der Waals surface area contributed by atoms with Gasteiger partial charge in [-0.15, -0.1) is 0 Å². The minimum absolute atomic E-state index is 0.00670. The number of hydrogen-bond acceptors (Lipinski definition) is 8. The third-order valence-corrected chi connectivity index (χ3v) is 11.5. The molecule has 0 radical (unpaired) electrons. The zero-order valence-electron chi connectivity index (χ0n) is 28.7. The lowest BCUT2D eigenvalue weighted by Crippen LogP contribution is -2.50. The SMILES string of the molecule is COc1ccc(C2CC(c3ccc4ccccc4c3)=NN2C(=O)COC(=O)c2ccccc2C(=O)N2CCN(S(=O)(=O)c3cccc(Cl)c3)CC2)cc1. The molecule has 270 valence electrons. The van der Waals surface area contributed by atoms with Gasteiger partial charge in [-0.3, -0.25) is 9.59 Å². The quantitative estimate of drug-likeness (QED) is 0.165. The summed E-state index contributed by atoms with van der Waals surface area (Å²) in [7, 11) is -2.23. The Morgan fingerprint density at radius 2 is 1.49 bits per heavy atom. The van der Waals surface area contributed by atoms with Crippen molar-refractivity contribution in [3.05, 3.63) is 143 Å². The van der Waals surface area contributed by atoms with Crippen LogP contribution in [0.5, 0.6) is 5.75 Å². The van der Waals surface area contributed by atoms with Crippen molar-refractivity contribution in [3.63, 3.8) is 0 Å². The largest absolute Gasteiger partial charge is 0.497 e. The zero-order chi connectivity index (χ0) is 37.1. The van der Waals surface area contributed by atoms with Crippen molar-refractivity contribution in [2.75, 3.05) is 39.9 Å². The van der Waals surface area contributed by atoms with E-state index in [0.717, 1.165) is 21.9 Å². The Labute approximate surface area is 312 Å². The molecular weight excluding hydrogens is 716 g/mol. The molecular formula is C40H35ClN4O7S. The second kappa shape index (κ2) is 15.2. The van der Waals surface area contributed by atoms with Crippen LogP contribution in [-0.2, 0) is 19.6 Å². The highest BCUT2D eigenvalue weighted by molar-refractivity contribution is 7.89. The molecule has 0 spiro atoms. The molecule has 0 saturated carbocycles. The van der Waals surface area contributed by atoms with Crippen molar-refractivity contribution >= 4 is 55.9 Å². The van der Waals surface area contributed by atoms with E-state index >= 15 is 0 Å². The predicted octanol–water partition coefficient (Wildman–Crippen LogP) is 6.18. The van der Waals surface area contributed by atoms with Gasteiger partial charge in [0.15, 0.2) is 6.61 Å². The zero-order valence-corrected chi connectivity index (χ0v) is 30.3. The number of carbonyl (C=O) groups excluding carboxylic acids is 3. The molecule has 1 fully saturated rings. The third-order valence-electron chi connectivity index (χ3n) is 9.41. The Bertz CT molecular complexity index is 2340. The minimum atomic E-state index is -3.81. The maximum Gasteiger partial charge on any atom is 0.339 e. The number of ether oxygens (including phenoxy) is 2. The number of rotatable bonds is 9. The molecule has 2 heterocycles. The normalized spacial score (nSPS) is 16.3. The average molecular weight is 751 g/mol. The molecule has 2 aliphatic rings. The van der Waals surface area contributed by atoms with Crippen LogP contribution in [-0.4, -0.2) is 86.0 Å². The van der Waals surface area contributed by atoms with E-state index < -0.39 is 40.5 Å². The van der Waals surface area contributed by atoms with Gasteiger partial charge >= 0.3 is 5.97 Å². The standard InChI is InChI=1S/C40H35ClN4O7S/c1-51-32-17-15-28(16-18-32)37-25-36(30-14-13-27-7-2-3-8-29(27)23-30)42-45(37)38(46)26-52-40(48)35-12-5-4-11-34(35)39(47)43-19-21-44(22-20-43)53(49,50)33-10-6-9-31(41)24-33/h2-18,23-24,37H,19-22,25-26H2,1H3. The van der Waals surface area contributed by atoms with E-state index in [0.29, 0.717) is 22.9 Å². The first-order valence-corrected chi connectivity index (χ1v) is 18.8. The van der Waals surface area contributed by atoms with Gasteiger partial charge in [0.1, 0.15) is 5.75 Å². The Kier molecular flexibility index (Phi) is 10.3. The van der Waals surface area contributed by atoms with Crippen LogP contribution in [0.1, 0.15) is 44.3 Å². The van der Waals surface area contributed by atoms with Crippen LogP contribution in [0.3, 0.4) is 0 Å². The molecule has 0 aromatic heterocycles. The van der Waals surface area contributed by atoms with Crippen LogP contribution >= 0.6 is 11.6 Å². The Morgan fingerprint density at radius 3 is 2.21 bits per heavy atom. The molecule has 0 N–H and O–H groups in total. The number of sulfonamides is 1. The molecule has 5 aromatic carbocycles. The van der Waals surface area contributed by atoms with Crippen molar-refractivity contribution in [2.45, 2.75) is 17.4 Å². The van der Waals surface area contributed by atoms with E-state index in [1.165, 1.54) is 38.5 Å². The number of piperazine rings is 1. The van der Waals surface area contributed by atoms with Crippen molar-refractivity contribution < 1.29 is 32.3 Å². The summed E-state index contributed by atoms with van der Waals surface area (Å²) in [5.74, 6) is -1.15. The van der Waals surface area contributed by atoms with Gasteiger partial charge in [-0.05, 0) is 70.4 Å². The van der Waals surface area contributed by atoms with Crippen molar-refractivity contribution in [2.24, 2.45) is 5.10 Å². The number of esters is 1. The van der Waals surface area contributed by atoms with E-state index in [4.69, 9.17) is 26.2 Å². The van der Waals surface area contributed by atoms with Gasteiger partial charge in [-0.1, -0.05) is 78.3 Å². The highest BCUT2D eigenvalue weighted by atomic mass is 35.5. The molecule has 13 heteroatoms. The first-order chi connectivity index (χ1) is 25.6. The molecule has 1 atom stereocenters. The summed E-state index contributed by atoms with van der Waals surface area (Å²) in [6.07, 6.45) is 0.440. The number of amides is 2. The topological polar surface area (TPSA) is 126 Å². The van der Waals surface area contributed by atoms with Crippen LogP contribution in [0.4, 0.5) is 0 Å². The number of hydrazone groups is 1. The number of hydrogen-bond donors (Lipinski definition) is 0. The number of benzene rings is 5. The van der Waals surface area contributed by atoms with Crippen molar-refractivity contribution in [1.82, 2.24) is 14.2 Å². The molecule has 53 heavy (non-hydrogen) atoms. The van der Waals surface area contributed by atoms with Gasteiger partial charge in [0.2, 0.25) is 10.0 Å². The van der Waals surface area contributed by atoms with Crippen LogP contribution in [0.25, 0.3) is 10.8 Å². The molecule has 2 aliphatic heterocycles. The summed E-state index contributed by atoms with van der Waals surface area (Å²) in [4.78, 5) is 42.5. The van der Waals surface area contributed by atoms with Gasteiger partial charge in [-0.25, -0.2) is 18.2 Å². The van der Waals surface area contributed by atoms with E-state index in [1.54, 1.807) is 31.4 Å². The van der Waals surface area contributed by atoms with E-state index in [1.807, 2.05) is 66.7 Å². The lowest BCUT2D eigenvalue weighted by atomic mass is 9.97. The molecule has 7 rings (SSSR count). The van der Waals surface area contributed by atoms with Crippen LogP contribution in [0.2, 0.25) is 5.02 Å². The van der Waals surface area contributed by atoms with Crippen LogP contribution in [0, 0.1) is 0 Å². The van der Waals surface area contributed by atoms with E-state index in [-0.39, 0.29) is 42.2 Å². The molecule has 5 aromatic rings. The maximum absolute atomic E-state index is 13.8. The third kappa shape index (κ3) is 7.52. The number of fused-ring (bicyclic) bond motifs is 1. The lowest BCUT2D eigenvalue weighted by molar-refractivity contribution is -0.136. The summed E-state index contributed by atoms with van der Waals surface area (Å²) in [5.41, 5.74) is 2.51. The minimum Gasteiger partial charge on any atom is -0.497 e. The maximum atomic E-state index is 13.8. The number of carbonyl (C=O) groups is 3. The number of nitrogens with zero attached hydrogens (tertiary/aromatic N) is 4. The smallest absolute Gasteiger partial charge is 0.339 e. The van der Waals surface area contributed by atoms with E-state index in [2.05, 4.69) is 0 Å². The van der Waals surface area contributed by atoms with Crippen molar-refractivity contribution in [1.29, 1.82) is 0 Å². The number of methoxy groups -OCH3 is 1. The van der Waals surface area contributed by atoms with Gasteiger partial charge in [-0.2, -0.15) is 9.41 Å². The van der Waals surface area contributed by atoms with Crippen LogP contribution < -0.4 is 4.74 Å². The van der Waals surface area contributed by atoms with Gasteiger partial charge in [0, 0.05) is 37.6 Å². The highest BCUT2D eigenvalue weighted by Crippen LogP contribution is 2.34. The predicted molar refractivity (Wildman–Crippen MR) is 201 cm³/mol. The molecule has 0 bridgehead atoms. The van der Waals surface area contributed by atoms with Gasteiger partial charge < -0.3 is 14.4 Å². The summed E-state index contributed by atoms with van der Waals surface area (Å²) in [5, 5.41) is 8.53. The fourth-order valence-electron chi connectivity index (χ4n) is 6.57. The van der Waals surface area contributed by atoms with Crippen molar-refractivity contribution in [3.8, 4) is 5.75 Å². The summed E-state index contributed by atoms with van der Waals surface area (Å²) in [6, 6.07) is 33.2. The summed E-state index contributed by atoms with van der Waals surface area (Å²) >= 11 is 6.02. The van der Waals surface area contributed by atoms with Gasteiger partial charge in [0.05, 0.1) is 34.9 Å². The highest BCUT2D eigenvalue weighted by Gasteiger charge is 2.35. The molecule has 1 unspecified atom stereocenters. The lowest BCUT2D eigenvalue weighted by Gasteiger charge is -2.34. The summed E-state index contributed by atoms with van der Waals surface area (Å²) in [6.45, 7) is -0.259. The monoisotopic (exact) mass is 750 g/mol.